The normalized spacial score (nSPS) is 13.6. The molecule has 6 heteroatoms. The van der Waals surface area contributed by atoms with Gasteiger partial charge in [0.05, 0.1) is 5.02 Å². The average Bonchev–Trinajstić information content (AvgIpc) is 2.18. The van der Waals surface area contributed by atoms with E-state index in [1.807, 2.05) is 0 Å². The van der Waals surface area contributed by atoms with Gasteiger partial charge in [0.1, 0.15) is 5.75 Å². The quantitative estimate of drug-likeness (QED) is 0.897. The molecular weight excluding hydrogens is 245 g/mol. The van der Waals surface area contributed by atoms with Crippen LogP contribution in [0.5, 0.6) is 5.75 Å². The number of hydrogen-bond acceptors (Lipinski definition) is 2. The lowest BCUT2D eigenvalue weighted by Gasteiger charge is -2.13. The summed E-state index contributed by atoms with van der Waals surface area (Å²) >= 11 is 5.60. The average molecular weight is 254 g/mol. The Bertz CT molecular complexity index is 366. The van der Waals surface area contributed by atoms with Crippen LogP contribution in [0, 0.1) is 6.92 Å². The second-order valence-electron chi connectivity index (χ2n) is 3.12. The summed E-state index contributed by atoms with van der Waals surface area (Å²) in [5.41, 5.74) is 0.544. The zero-order chi connectivity index (χ0) is 12.3. The maximum atomic E-state index is 11.9. The molecule has 0 aliphatic rings. The molecule has 2 nitrogen and oxygen atoms in total. The fourth-order valence-corrected chi connectivity index (χ4v) is 1.31. The second-order valence-corrected chi connectivity index (χ2v) is 3.52. The molecule has 0 aromatic heterocycles. The minimum absolute atomic E-state index is 0.170. The monoisotopic (exact) mass is 253 g/mol. The SMILES string of the molecule is [CH2]C(CO)c1ccc(OC(F)(F)F)c(Cl)c1. The second kappa shape index (κ2) is 4.93. The number of benzene rings is 1. The van der Waals surface area contributed by atoms with E-state index in [-0.39, 0.29) is 11.6 Å². The molecule has 1 radical (unpaired) electrons. The highest BCUT2D eigenvalue weighted by molar-refractivity contribution is 6.32. The third-order valence-corrected chi connectivity index (χ3v) is 2.17. The first-order valence-corrected chi connectivity index (χ1v) is 4.70. The highest BCUT2D eigenvalue weighted by Gasteiger charge is 2.32. The number of hydrogen-bond donors (Lipinski definition) is 1. The predicted molar refractivity (Wildman–Crippen MR) is 53.3 cm³/mol. The molecule has 0 heterocycles. The van der Waals surface area contributed by atoms with E-state index in [4.69, 9.17) is 16.7 Å². The van der Waals surface area contributed by atoms with Gasteiger partial charge < -0.3 is 9.84 Å². The van der Waals surface area contributed by atoms with Crippen molar-refractivity contribution in [1.29, 1.82) is 0 Å². The van der Waals surface area contributed by atoms with E-state index in [9.17, 15) is 13.2 Å². The summed E-state index contributed by atoms with van der Waals surface area (Å²) in [5.74, 6) is -0.902. The fraction of sp³-hybridized carbons (Fsp3) is 0.300. The van der Waals surface area contributed by atoms with Crippen molar-refractivity contribution in [2.45, 2.75) is 12.3 Å². The highest BCUT2D eigenvalue weighted by Crippen LogP contribution is 2.32. The van der Waals surface area contributed by atoms with Gasteiger partial charge in [0.25, 0.3) is 0 Å². The van der Waals surface area contributed by atoms with E-state index >= 15 is 0 Å². The Labute approximate surface area is 95.6 Å². The molecule has 0 amide bonds. The molecule has 1 aromatic rings. The van der Waals surface area contributed by atoms with Crippen LogP contribution in [0.25, 0.3) is 0 Å². The molecule has 16 heavy (non-hydrogen) atoms. The molecule has 0 saturated carbocycles. The predicted octanol–water partition coefficient (Wildman–Crippen LogP) is 3.15. The summed E-state index contributed by atoms with van der Waals surface area (Å²) in [6.07, 6.45) is -4.77. The minimum atomic E-state index is -4.77. The van der Waals surface area contributed by atoms with Gasteiger partial charge in [-0.25, -0.2) is 0 Å². The summed E-state index contributed by atoms with van der Waals surface area (Å²) < 4.78 is 39.4. The van der Waals surface area contributed by atoms with Crippen LogP contribution in [0.1, 0.15) is 11.5 Å². The summed E-state index contributed by atoms with van der Waals surface area (Å²) in [4.78, 5) is 0. The van der Waals surface area contributed by atoms with E-state index in [0.717, 1.165) is 6.07 Å². The molecule has 1 atom stereocenters. The van der Waals surface area contributed by atoms with Crippen LogP contribution in [-0.2, 0) is 0 Å². The van der Waals surface area contributed by atoms with Gasteiger partial charge >= 0.3 is 6.36 Å². The lowest BCUT2D eigenvalue weighted by atomic mass is 10.0. The number of ether oxygens (including phenoxy) is 1. The Morgan fingerprint density at radius 1 is 1.44 bits per heavy atom. The number of halogens is 4. The smallest absolute Gasteiger partial charge is 0.404 e. The first kappa shape index (κ1) is 13.1. The molecule has 0 bridgehead atoms. The molecule has 1 aromatic carbocycles. The molecule has 0 fully saturated rings. The van der Waals surface area contributed by atoms with E-state index < -0.39 is 18.0 Å². The molecule has 1 unspecified atom stereocenters. The van der Waals surface area contributed by atoms with Gasteiger partial charge in [0, 0.05) is 12.5 Å². The number of aliphatic hydroxyl groups excluding tert-OH is 1. The highest BCUT2D eigenvalue weighted by atomic mass is 35.5. The Morgan fingerprint density at radius 2 is 2.06 bits per heavy atom. The topological polar surface area (TPSA) is 29.5 Å². The van der Waals surface area contributed by atoms with Crippen molar-refractivity contribution in [2.75, 3.05) is 6.61 Å². The van der Waals surface area contributed by atoms with Crippen molar-refractivity contribution in [3.8, 4) is 5.75 Å². The van der Waals surface area contributed by atoms with Gasteiger partial charge in [-0.1, -0.05) is 17.7 Å². The summed E-state index contributed by atoms with van der Waals surface area (Å²) in [7, 11) is 0. The van der Waals surface area contributed by atoms with Crippen molar-refractivity contribution in [1.82, 2.24) is 0 Å². The van der Waals surface area contributed by atoms with E-state index in [1.165, 1.54) is 12.1 Å². The maximum absolute atomic E-state index is 11.9. The Hall–Kier alpha value is -0.940. The third-order valence-electron chi connectivity index (χ3n) is 1.87. The Balaban J connectivity index is 2.92. The lowest BCUT2D eigenvalue weighted by molar-refractivity contribution is -0.274. The van der Waals surface area contributed by atoms with Gasteiger partial charge in [-0.3, -0.25) is 0 Å². The fourth-order valence-electron chi connectivity index (χ4n) is 1.08. The molecular formula is C10H9ClF3O2. The Morgan fingerprint density at radius 3 is 2.50 bits per heavy atom. The van der Waals surface area contributed by atoms with Gasteiger partial charge in [-0.2, -0.15) is 0 Å². The van der Waals surface area contributed by atoms with Crippen LogP contribution in [0.2, 0.25) is 5.02 Å². The van der Waals surface area contributed by atoms with Gasteiger partial charge in [-0.15, -0.1) is 13.2 Å². The molecule has 89 valence electrons. The molecule has 1 N–H and O–H groups in total. The maximum Gasteiger partial charge on any atom is 0.573 e. The number of alkyl halides is 3. The van der Waals surface area contributed by atoms with Crippen LogP contribution in [0.15, 0.2) is 18.2 Å². The zero-order valence-corrected chi connectivity index (χ0v) is 8.85. The zero-order valence-electron chi connectivity index (χ0n) is 8.09. The van der Waals surface area contributed by atoms with Crippen LogP contribution in [0.4, 0.5) is 13.2 Å². The molecule has 1 rings (SSSR count). The van der Waals surface area contributed by atoms with E-state index in [2.05, 4.69) is 11.7 Å². The lowest BCUT2D eigenvalue weighted by Crippen LogP contribution is -2.17. The van der Waals surface area contributed by atoms with Gasteiger partial charge in [0.15, 0.2) is 0 Å². The van der Waals surface area contributed by atoms with Crippen LogP contribution in [-0.4, -0.2) is 18.1 Å². The summed E-state index contributed by atoms with van der Waals surface area (Å²) in [6.45, 7) is 3.39. The number of rotatable bonds is 3. The van der Waals surface area contributed by atoms with Crippen LogP contribution in [0.3, 0.4) is 0 Å². The molecule has 0 aliphatic heterocycles. The van der Waals surface area contributed by atoms with Crippen molar-refractivity contribution in [2.24, 2.45) is 0 Å². The molecule has 0 aliphatic carbocycles. The minimum Gasteiger partial charge on any atom is -0.404 e. The number of aliphatic hydroxyl groups is 1. The standard InChI is InChI=1S/C10H9ClF3O2/c1-6(5-15)7-2-3-9(8(11)4-7)16-10(12,13)14/h2-4,6,15H,1,5H2. The van der Waals surface area contributed by atoms with Crippen molar-refractivity contribution in [3.05, 3.63) is 35.7 Å². The summed E-state index contributed by atoms with van der Waals surface area (Å²) in [5, 5.41) is 8.65. The first-order chi connectivity index (χ1) is 7.33. The van der Waals surface area contributed by atoms with Gasteiger partial charge in [-0.05, 0) is 24.6 Å². The van der Waals surface area contributed by atoms with E-state index in [0.29, 0.717) is 5.56 Å². The summed E-state index contributed by atoms with van der Waals surface area (Å²) in [6, 6.07) is 3.76. The third kappa shape index (κ3) is 3.57. The van der Waals surface area contributed by atoms with Crippen LogP contribution < -0.4 is 4.74 Å². The Kier molecular flexibility index (Phi) is 4.04. The van der Waals surface area contributed by atoms with Gasteiger partial charge in [0.2, 0.25) is 0 Å². The van der Waals surface area contributed by atoms with Crippen LogP contribution >= 0.6 is 11.6 Å². The van der Waals surface area contributed by atoms with Crippen molar-refractivity contribution in [3.63, 3.8) is 0 Å². The van der Waals surface area contributed by atoms with Crippen molar-refractivity contribution < 1.29 is 23.0 Å². The largest absolute Gasteiger partial charge is 0.573 e. The van der Waals surface area contributed by atoms with Crippen molar-refractivity contribution >= 4 is 11.6 Å². The van der Waals surface area contributed by atoms with E-state index in [1.54, 1.807) is 0 Å². The first-order valence-electron chi connectivity index (χ1n) is 4.32. The molecule has 0 spiro atoms. The molecule has 0 saturated heterocycles.